The fourth-order valence-electron chi connectivity index (χ4n) is 1.39. The van der Waals surface area contributed by atoms with Crippen LogP contribution in [-0.4, -0.2) is 42.9 Å². The van der Waals surface area contributed by atoms with Crippen LogP contribution < -0.4 is 10.6 Å². The molecule has 19 heavy (non-hydrogen) atoms. The molecule has 0 rings (SSSR count). The zero-order valence-corrected chi connectivity index (χ0v) is 12.9. The standard InChI is InChI=1S/C13H26N2O4/c1-9(14-11(17)19-12(2,3)4)10(16)15-13(5,6)8-18-7/h9H,8H2,1-7H3,(H,14,17)(H,15,16)/t9-/m1/s1. The second kappa shape index (κ2) is 6.75. The lowest BCUT2D eigenvalue weighted by atomic mass is 10.1. The van der Waals surface area contributed by atoms with Crippen molar-refractivity contribution in [2.45, 2.75) is 58.7 Å². The van der Waals surface area contributed by atoms with Crippen molar-refractivity contribution in [1.29, 1.82) is 0 Å². The van der Waals surface area contributed by atoms with E-state index in [-0.39, 0.29) is 5.91 Å². The first-order valence-corrected chi connectivity index (χ1v) is 6.27. The van der Waals surface area contributed by atoms with E-state index in [1.54, 1.807) is 34.8 Å². The van der Waals surface area contributed by atoms with Crippen LogP contribution in [0.15, 0.2) is 0 Å². The molecule has 0 aromatic rings. The number of methoxy groups -OCH3 is 1. The normalized spacial score (nSPS) is 13.6. The predicted molar refractivity (Wildman–Crippen MR) is 72.9 cm³/mol. The predicted octanol–water partition coefficient (Wildman–Crippen LogP) is 1.44. The first-order valence-electron chi connectivity index (χ1n) is 6.27. The van der Waals surface area contributed by atoms with Crippen molar-refractivity contribution in [3.8, 4) is 0 Å². The summed E-state index contributed by atoms with van der Waals surface area (Å²) in [5.74, 6) is -0.284. The third-order valence-electron chi connectivity index (χ3n) is 2.09. The Labute approximate surface area is 115 Å². The molecule has 0 fully saturated rings. The first-order chi connectivity index (χ1) is 8.47. The molecule has 0 saturated carbocycles. The van der Waals surface area contributed by atoms with Crippen molar-refractivity contribution < 1.29 is 19.1 Å². The lowest BCUT2D eigenvalue weighted by Gasteiger charge is -2.27. The third-order valence-corrected chi connectivity index (χ3v) is 2.09. The van der Waals surface area contributed by atoms with Gasteiger partial charge in [0.1, 0.15) is 11.6 Å². The van der Waals surface area contributed by atoms with E-state index in [2.05, 4.69) is 10.6 Å². The fraction of sp³-hybridized carbons (Fsp3) is 0.846. The van der Waals surface area contributed by atoms with E-state index in [0.717, 1.165) is 0 Å². The van der Waals surface area contributed by atoms with Crippen molar-refractivity contribution in [3.05, 3.63) is 0 Å². The second-order valence-corrected chi connectivity index (χ2v) is 6.17. The zero-order chi connectivity index (χ0) is 15.3. The lowest BCUT2D eigenvalue weighted by molar-refractivity contribution is -0.125. The minimum Gasteiger partial charge on any atom is -0.444 e. The molecule has 0 saturated heterocycles. The molecule has 0 aliphatic carbocycles. The number of rotatable bonds is 5. The Morgan fingerprint density at radius 2 is 1.68 bits per heavy atom. The van der Waals surface area contributed by atoms with Gasteiger partial charge in [-0.25, -0.2) is 4.79 Å². The number of carbonyl (C=O) groups excluding carboxylic acids is 2. The molecule has 0 unspecified atom stereocenters. The third kappa shape index (κ3) is 8.42. The van der Waals surface area contributed by atoms with Crippen LogP contribution in [0, 0.1) is 0 Å². The molecule has 0 aromatic carbocycles. The monoisotopic (exact) mass is 274 g/mol. The van der Waals surface area contributed by atoms with Crippen LogP contribution >= 0.6 is 0 Å². The topological polar surface area (TPSA) is 76.7 Å². The number of hydrogen-bond donors (Lipinski definition) is 2. The van der Waals surface area contributed by atoms with Gasteiger partial charge in [0.2, 0.25) is 5.91 Å². The molecule has 0 aliphatic rings. The molecule has 0 aliphatic heterocycles. The van der Waals surface area contributed by atoms with Crippen molar-refractivity contribution in [3.63, 3.8) is 0 Å². The number of hydrogen-bond acceptors (Lipinski definition) is 4. The Bertz CT molecular complexity index is 321. The molecule has 0 aromatic heterocycles. The minimum atomic E-state index is -0.675. The van der Waals surface area contributed by atoms with Gasteiger partial charge in [0.25, 0.3) is 0 Å². The summed E-state index contributed by atoms with van der Waals surface area (Å²) in [4.78, 5) is 23.4. The zero-order valence-electron chi connectivity index (χ0n) is 12.9. The molecule has 0 heterocycles. The van der Waals surface area contributed by atoms with Crippen LogP contribution in [0.3, 0.4) is 0 Å². The van der Waals surface area contributed by atoms with Gasteiger partial charge in [-0.3, -0.25) is 4.79 Å². The van der Waals surface area contributed by atoms with Gasteiger partial charge in [-0.1, -0.05) is 0 Å². The van der Waals surface area contributed by atoms with E-state index in [4.69, 9.17) is 9.47 Å². The molecule has 6 heteroatoms. The highest BCUT2D eigenvalue weighted by Crippen LogP contribution is 2.07. The summed E-state index contributed by atoms with van der Waals surface area (Å²) in [6, 6.07) is -0.675. The van der Waals surface area contributed by atoms with Gasteiger partial charge >= 0.3 is 6.09 Å². The Morgan fingerprint density at radius 3 is 2.11 bits per heavy atom. The smallest absolute Gasteiger partial charge is 0.408 e. The summed E-state index contributed by atoms with van der Waals surface area (Å²) in [6.07, 6.45) is -0.611. The lowest BCUT2D eigenvalue weighted by Crippen LogP contribution is -2.54. The van der Waals surface area contributed by atoms with Crippen LogP contribution in [0.2, 0.25) is 0 Å². The van der Waals surface area contributed by atoms with Crippen LogP contribution in [0.4, 0.5) is 4.79 Å². The number of nitrogens with one attached hydrogen (secondary N) is 2. The maximum absolute atomic E-state index is 11.9. The van der Waals surface area contributed by atoms with Crippen LogP contribution in [0.1, 0.15) is 41.5 Å². The van der Waals surface area contributed by atoms with Gasteiger partial charge in [-0.15, -0.1) is 0 Å². The summed E-state index contributed by atoms with van der Waals surface area (Å²) in [7, 11) is 1.57. The maximum atomic E-state index is 11.9. The quantitative estimate of drug-likeness (QED) is 0.795. The Kier molecular flexibility index (Phi) is 6.29. The summed E-state index contributed by atoms with van der Waals surface area (Å²) >= 11 is 0. The van der Waals surface area contributed by atoms with E-state index in [1.807, 2.05) is 13.8 Å². The number of ether oxygens (including phenoxy) is 2. The summed E-state index contributed by atoms with van der Waals surface area (Å²) in [5, 5.41) is 5.28. The second-order valence-electron chi connectivity index (χ2n) is 6.17. The summed E-state index contributed by atoms with van der Waals surface area (Å²) in [5.41, 5.74) is -1.08. The maximum Gasteiger partial charge on any atom is 0.408 e. The number of alkyl carbamates (subject to hydrolysis) is 1. The number of amides is 2. The Hall–Kier alpha value is -1.30. The molecule has 2 N–H and O–H groups in total. The van der Waals surface area contributed by atoms with Gasteiger partial charge in [0.15, 0.2) is 0 Å². The van der Waals surface area contributed by atoms with Gasteiger partial charge in [0.05, 0.1) is 12.1 Å². The summed E-state index contributed by atoms with van der Waals surface area (Å²) in [6.45, 7) is 11.0. The molecule has 112 valence electrons. The van der Waals surface area contributed by atoms with E-state index in [9.17, 15) is 9.59 Å². The van der Waals surface area contributed by atoms with Crippen molar-refractivity contribution in [1.82, 2.24) is 10.6 Å². The molecule has 2 amide bonds. The highest BCUT2D eigenvalue weighted by molar-refractivity contribution is 5.85. The van der Waals surface area contributed by atoms with Crippen LogP contribution in [0.25, 0.3) is 0 Å². The molecule has 6 nitrogen and oxygen atoms in total. The molecule has 1 atom stereocenters. The Balaban J connectivity index is 4.32. The van der Waals surface area contributed by atoms with E-state index >= 15 is 0 Å². The van der Waals surface area contributed by atoms with E-state index in [1.165, 1.54) is 0 Å². The van der Waals surface area contributed by atoms with Crippen molar-refractivity contribution >= 4 is 12.0 Å². The molecular formula is C13H26N2O4. The summed E-state index contributed by atoms with van der Waals surface area (Å²) < 4.78 is 10.1. The van der Waals surface area contributed by atoms with Crippen molar-refractivity contribution in [2.24, 2.45) is 0 Å². The van der Waals surface area contributed by atoms with E-state index < -0.39 is 23.3 Å². The number of carbonyl (C=O) groups is 2. The highest BCUT2D eigenvalue weighted by Gasteiger charge is 2.25. The largest absolute Gasteiger partial charge is 0.444 e. The van der Waals surface area contributed by atoms with E-state index in [0.29, 0.717) is 6.61 Å². The van der Waals surface area contributed by atoms with Crippen LogP contribution in [0.5, 0.6) is 0 Å². The SMILES string of the molecule is COCC(C)(C)NC(=O)[C@@H](C)NC(=O)OC(C)(C)C. The fourth-order valence-corrected chi connectivity index (χ4v) is 1.39. The van der Waals surface area contributed by atoms with Crippen LogP contribution in [-0.2, 0) is 14.3 Å². The first kappa shape index (κ1) is 17.7. The average molecular weight is 274 g/mol. The molecule has 0 bridgehead atoms. The molecule has 0 radical (unpaired) electrons. The minimum absolute atomic E-state index is 0.284. The molecule has 0 spiro atoms. The van der Waals surface area contributed by atoms with Gasteiger partial charge in [-0.05, 0) is 41.5 Å². The Morgan fingerprint density at radius 1 is 1.16 bits per heavy atom. The van der Waals surface area contributed by atoms with Gasteiger partial charge in [0, 0.05) is 7.11 Å². The molecular weight excluding hydrogens is 248 g/mol. The van der Waals surface area contributed by atoms with Gasteiger partial charge in [-0.2, -0.15) is 0 Å². The highest BCUT2D eigenvalue weighted by atomic mass is 16.6. The average Bonchev–Trinajstić information content (AvgIpc) is 2.12. The van der Waals surface area contributed by atoms with Crippen molar-refractivity contribution in [2.75, 3.05) is 13.7 Å². The van der Waals surface area contributed by atoms with Gasteiger partial charge < -0.3 is 20.1 Å².